The van der Waals surface area contributed by atoms with Crippen LogP contribution in [-0.2, 0) is 14.8 Å². The van der Waals surface area contributed by atoms with Crippen LogP contribution in [0.5, 0.6) is 0 Å². The smallest absolute Gasteiger partial charge is 0.357 e. The summed E-state index contributed by atoms with van der Waals surface area (Å²) in [5.74, 6) is -0.643. The summed E-state index contributed by atoms with van der Waals surface area (Å²) in [6.45, 7) is 1.74. The van der Waals surface area contributed by atoms with Crippen LogP contribution < -0.4 is 10.6 Å². The van der Waals surface area contributed by atoms with Crippen molar-refractivity contribution in [2.45, 2.75) is 0 Å². The average molecular weight is 403 g/mol. The predicted molar refractivity (Wildman–Crippen MR) is 105 cm³/mol. The van der Waals surface area contributed by atoms with Crippen LogP contribution in [0.15, 0.2) is 30.5 Å². The summed E-state index contributed by atoms with van der Waals surface area (Å²) in [5, 5.41) is 9.31. The molecule has 10 heteroatoms. The van der Waals surface area contributed by atoms with Crippen LogP contribution in [0.1, 0.15) is 16.1 Å². The fourth-order valence-corrected chi connectivity index (χ4v) is 4.13. The molecule has 0 radical (unpaired) electrons. The number of hydrogen-bond donors (Lipinski definition) is 1. The molecule has 0 atom stereocenters. The van der Waals surface area contributed by atoms with E-state index in [1.54, 1.807) is 4.57 Å². The Morgan fingerprint density at radius 1 is 1.18 bits per heavy atom. The van der Waals surface area contributed by atoms with Crippen LogP contribution in [0.2, 0.25) is 0 Å². The highest BCUT2D eigenvalue weighted by Crippen LogP contribution is 2.31. The summed E-state index contributed by atoms with van der Waals surface area (Å²) in [5.41, 5.74) is 7.78. The lowest BCUT2D eigenvalue weighted by Crippen LogP contribution is -2.48. The van der Waals surface area contributed by atoms with E-state index in [-0.39, 0.29) is 16.9 Å². The molecule has 2 aromatic rings. The van der Waals surface area contributed by atoms with Gasteiger partial charge in [-0.1, -0.05) is 12.1 Å². The lowest BCUT2D eigenvalue weighted by Gasteiger charge is -2.35. The summed E-state index contributed by atoms with van der Waals surface area (Å²) in [7, 11) is -1.98. The number of rotatable bonds is 4. The Kier molecular flexibility index (Phi) is 5.31. The number of nitrogen functional groups attached to an aromatic ring is 1. The third kappa shape index (κ3) is 3.54. The first-order valence-electron chi connectivity index (χ1n) is 8.56. The third-order valence-corrected chi connectivity index (χ3v) is 6.04. The topological polar surface area (TPSA) is 122 Å². The van der Waals surface area contributed by atoms with Crippen molar-refractivity contribution in [3.8, 4) is 11.8 Å². The van der Waals surface area contributed by atoms with Crippen molar-refractivity contribution in [2.24, 2.45) is 0 Å². The van der Waals surface area contributed by atoms with E-state index in [2.05, 4.69) is 0 Å². The van der Waals surface area contributed by atoms with Crippen LogP contribution in [0.4, 0.5) is 11.4 Å². The van der Waals surface area contributed by atoms with Gasteiger partial charge in [0.15, 0.2) is 5.69 Å². The fraction of sp³-hybridized carbons (Fsp3) is 0.333. The summed E-state index contributed by atoms with van der Waals surface area (Å²) < 4.78 is 31.3. The number of anilines is 2. The van der Waals surface area contributed by atoms with Crippen molar-refractivity contribution in [3.05, 3.63) is 41.7 Å². The van der Waals surface area contributed by atoms with Crippen molar-refractivity contribution in [2.75, 3.05) is 50.2 Å². The van der Waals surface area contributed by atoms with Gasteiger partial charge in [0.25, 0.3) is 0 Å². The number of ether oxygens (including phenoxy) is 1. The number of nitriles is 1. The number of hydrogen-bond acceptors (Lipinski definition) is 7. The second-order valence-corrected chi connectivity index (χ2v) is 8.40. The summed E-state index contributed by atoms with van der Waals surface area (Å²) in [6.07, 6.45) is 2.71. The number of benzene rings is 1. The van der Waals surface area contributed by atoms with Gasteiger partial charge in [-0.05, 0) is 12.1 Å². The molecule has 3 rings (SSSR count). The van der Waals surface area contributed by atoms with Gasteiger partial charge in [0.05, 0.1) is 36.0 Å². The normalized spacial score (nSPS) is 15.2. The molecule has 0 bridgehead atoms. The summed E-state index contributed by atoms with van der Waals surface area (Å²) in [4.78, 5) is 14.3. The van der Waals surface area contributed by atoms with Crippen molar-refractivity contribution >= 4 is 27.4 Å². The highest BCUT2D eigenvalue weighted by atomic mass is 32.2. The molecule has 1 saturated heterocycles. The number of methoxy groups -OCH3 is 1. The Bertz CT molecular complexity index is 1050. The molecule has 2 heterocycles. The van der Waals surface area contributed by atoms with E-state index >= 15 is 0 Å². The molecule has 1 fully saturated rings. The number of nitrogens with two attached hydrogens (primary N) is 1. The average Bonchev–Trinajstić information content (AvgIpc) is 3.03. The van der Waals surface area contributed by atoms with E-state index in [4.69, 9.17) is 10.5 Å². The Morgan fingerprint density at radius 2 is 1.79 bits per heavy atom. The van der Waals surface area contributed by atoms with Gasteiger partial charge in [-0.3, -0.25) is 0 Å². The largest absolute Gasteiger partial charge is 0.464 e. The molecular weight excluding hydrogens is 382 g/mol. The monoisotopic (exact) mass is 403 g/mol. The van der Waals surface area contributed by atoms with Gasteiger partial charge in [-0.15, -0.1) is 0 Å². The number of nitrogens with zero attached hydrogens (tertiary/aromatic N) is 4. The first kappa shape index (κ1) is 19.7. The number of carbonyl (C=O) groups excluding carboxylic acids is 1. The van der Waals surface area contributed by atoms with E-state index in [0.717, 1.165) is 5.69 Å². The maximum Gasteiger partial charge on any atom is 0.357 e. The van der Waals surface area contributed by atoms with E-state index in [0.29, 0.717) is 31.9 Å². The number of sulfonamides is 1. The number of aromatic nitrogens is 1. The lowest BCUT2D eigenvalue weighted by atomic mass is 10.2. The van der Waals surface area contributed by atoms with Crippen LogP contribution in [-0.4, -0.2) is 62.8 Å². The molecule has 1 aliphatic heterocycles. The fourth-order valence-electron chi connectivity index (χ4n) is 3.30. The van der Waals surface area contributed by atoms with Gasteiger partial charge in [-0.25, -0.2) is 13.2 Å². The zero-order valence-corrected chi connectivity index (χ0v) is 16.4. The maximum absolute atomic E-state index is 12.3. The van der Waals surface area contributed by atoms with Crippen molar-refractivity contribution in [3.63, 3.8) is 0 Å². The molecule has 0 unspecified atom stereocenters. The van der Waals surface area contributed by atoms with Crippen molar-refractivity contribution < 1.29 is 17.9 Å². The Hall–Kier alpha value is -3.03. The highest BCUT2D eigenvalue weighted by molar-refractivity contribution is 7.88. The summed E-state index contributed by atoms with van der Waals surface area (Å²) in [6, 6.07) is 9.35. The second-order valence-electron chi connectivity index (χ2n) is 6.42. The first-order valence-corrected chi connectivity index (χ1v) is 10.4. The number of carbonyl (C=O) groups is 1. The standard InChI is InChI=1S/C18H21N5O4S/c1-27-18(24)17-16(20)13(11-19)12-23(17)15-6-4-3-5-14(15)21-7-9-22(10-8-21)28(2,25)26/h3-6,12H,7-10,20H2,1-2H3. The molecule has 1 aromatic heterocycles. The molecule has 0 aliphatic carbocycles. The predicted octanol–water partition coefficient (Wildman–Crippen LogP) is 0.799. The molecular formula is C18H21N5O4S. The van der Waals surface area contributed by atoms with Gasteiger partial charge in [0, 0.05) is 32.4 Å². The van der Waals surface area contributed by atoms with E-state index < -0.39 is 16.0 Å². The molecule has 1 aliphatic rings. The van der Waals surface area contributed by atoms with E-state index in [1.807, 2.05) is 35.2 Å². The van der Waals surface area contributed by atoms with Gasteiger partial charge < -0.3 is 19.9 Å². The second kappa shape index (κ2) is 7.53. The quantitative estimate of drug-likeness (QED) is 0.749. The van der Waals surface area contributed by atoms with E-state index in [9.17, 15) is 18.5 Å². The zero-order valence-electron chi connectivity index (χ0n) is 15.6. The van der Waals surface area contributed by atoms with Gasteiger partial charge in [0.1, 0.15) is 6.07 Å². The van der Waals surface area contributed by atoms with Crippen LogP contribution in [0.25, 0.3) is 5.69 Å². The molecule has 0 spiro atoms. The minimum atomic E-state index is -3.23. The van der Waals surface area contributed by atoms with Crippen LogP contribution in [0, 0.1) is 11.3 Å². The Balaban J connectivity index is 2.03. The SMILES string of the molecule is COC(=O)c1c(N)c(C#N)cn1-c1ccccc1N1CCN(S(C)(=O)=O)CC1. The van der Waals surface area contributed by atoms with Crippen LogP contribution in [0.3, 0.4) is 0 Å². The number of para-hydroxylation sites is 2. The molecule has 0 amide bonds. The summed E-state index contributed by atoms with van der Waals surface area (Å²) >= 11 is 0. The van der Waals surface area contributed by atoms with Crippen molar-refractivity contribution in [1.82, 2.24) is 8.87 Å². The third-order valence-electron chi connectivity index (χ3n) is 4.73. The molecule has 148 valence electrons. The Morgan fingerprint density at radius 3 is 2.32 bits per heavy atom. The molecule has 28 heavy (non-hydrogen) atoms. The minimum Gasteiger partial charge on any atom is -0.464 e. The van der Waals surface area contributed by atoms with Gasteiger partial charge in [-0.2, -0.15) is 9.57 Å². The van der Waals surface area contributed by atoms with Crippen LogP contribution >= 0.6 is 0 Å². The number of piperazine rings is 1. The molecule has 9 nitrogen and oxygen atoms in total. The minimum absolute atomic E-state index is 0.0612. The number of esters is 1. The Labute approximate surface area is 163 Å². The zero-order chi connectivity index (χ0) is 20.5. The van der Waals surface area contributed by atoms with Crippen molar-refractivity contribution in [1.29, 1.82) is 5.26 Å². The van der Waals surface area contributed by atoms with E-state index in [1.165, 1.54) is 23.9 Å². The highest BCUT2D eigenvalue weighted by Gasteiger charge is 2.27. The first-order chi connectivity index (χ1) is 13.3. The molecule has 2 N–H and O–H groups in total. The van der Waals surface area contributed by atoms with Gasteiger partial charge >= 0.3 is 5.97 Å². The lowest BCUT2D eigenvalue weighted by molar-refractivity contribution is 0.0593. The van der Waals surface area contributed by atoms with Gasteiger partial charge in [0.2, 0.25) is 10.0 Å². The maximum atomic E-state index is 12.3. The molecule has 1 aromatic carbocycles. The molecule has 0 saturated carbocycles.